The highest BCUT2D eigenvalue weighted by Crippen LogP contribution is 2.22. The number of anilines is 1. The lowest BCUT2D eigenvalue weighted by Gasteiger charge is -2.31. The fraction of sp³-hybridized carbons (Fsp3) is 0.350. The van der Waals surface area contributed by atoms with Gasteiger partial charge in [0, 0.05) is 23.8 Å². The Balaban J connectivity index is 1.46. The van der Waals surface area contributed by atoms with Crippen LogP contribution in [-0.2, 0) is 14.3 Å². The van der Waals surface area contributed by atoms with E-state index < -0.39 is 18.0 Å². The zero-order valence-corrected chi connectivity index (χ0v) is 17.0. The fourth-order valence-corrected chi connectivity index (χ4v) is 3.79. The third kappa shape index (κ3) is 5.11. The van der Waals surface area contributed by atoms with Gasteiger partial charge in [0.2, 0.25) is 0 Å². The van der Waals surface area contributed by atoms with Crippen molar-refractivity contribution in [2.45, 2.75) is 25.9 Å². The molecule has 6 nitrogen and oxygen atoms in total. The summed E-state index contributed by atoms with van der Waals surface area (Å²) in [4.78, 5) is 39.4. The highest BCUT2D eigenvalue weighted by atomic mass is 35.5. The van der Waals surface area contributed by atoms with Gasteiger partial charge in [0.05, 0.1) is 10.8 Å². The van der Waals surface area contributed by atoms with E-state index in [1.165, 1.54) is 11.3 Å². The summed E-state index contributed by atoms with van der Waals surface area (Å²) in [5, 5.41) is 5.13. The number of halogens is 1. The zero-order chi connectivity index (χ0) is 20.1. The maximum absolute atomic E-state index is 12.4. The molecule has 1 atom stereocenters. The molecule has 3 rings (SSSR count). The quantitative estimate of drug-likeness (QED) is 0.746. The zero-order valence-electron chi connectivity index (χ0n) is 15.4. The van der Waals surface area contributed by atoms with Gasteiger partial charge in [-0.2, -0.15) is 0 Å². The second-order valence-electron chi connectivity index (χ2n) is 6.62. The maximum Gasteiger partial charge on any atom is 0.309 e. The summed E-state index contributed by atoms with van der Waals surface area (Å²) in [6.07, 6.45) is 0.150. The molecule has 2 amide bonds. The van der Waals surface area contributed by atoms with Gasteiger partial charge in [-0.05, 0) is 55.5 Å². The Morgan fingerprint density at radius 3 is 2.46 bits per heavy atom. The van der Waals surface area contributed by atoms with E-state index in [9.17, 15) is 14.4 Å². The Labute approximate surface area is 172 Å². The van der Waals surface area contributed by atoms with Crippen molar-refractivity contribution in [3.8, 4) is 0 Å². The minimum absolute atomic E-state index is 0.00229. The molecule has 0 aliphatic carbocycles. The summed E-state index contributed by atoms with van der Waals surface area (Å²) in [7, 11) is 0. The lowest BCUT2D eigenvalue weighted by Crippen LogP contribution is -2.41. The number of nitrogens with zero attached hydrogens (tertiary/aromatic N) is 1. The molecule has 1 aliphatic rings. The van der Waals surface area contributed by atoms with Crippen LogP contribution in [0.5, 0.6) is 0 Å². The monoisotopic (exact) mass is 420 g/mol. The van der Waals surface area contributed by atoms with Crippen molar-refractivity contribution < 1.29 is 19.1 Å². The molecule has 0 saturated carbocycles. The predicted molar refractivity (Wildman–Crippen MR) is 109 cm³/mol. The maximum atomic E-state index is 12.4. The fourth-order valence-electron chi connectivity index (χ4n) is 2.98. The van der Waals surface area contributed by atoms with E-state index in [1.807, 2.05) is 11.4 Å². The summed E-state index contributed by atoms with van der Waals surface area (Å²) in [5.74, 6) is -1.11. The lowest BCUT2D eigenvalue weighted by molar-refractivity contribution is -0.158. The van der Waals surface area contributed by atoms with Gasteiger partial charge >= 0.3 is 5.97 Å². The van der Waals surface area contributed by atoms with Crippen LogP contribution in [0.15, 0.2) is 41.8 Å². The first kappa shape index (κ1) is 20.4. The van der Waals surface area contributed by atoms with Crippen LogP contribution >= 0.6 is 22.9 Å². The lowest BCUT2D eigenvalue weighted by atomic mass is 9.97. The molecule has 0 bridgehead atoms. The number of amides is 2. The number of esters is 1. The molecule has 0 spiro atoms. The predicted octanol–water partition coefficient (Wildman–Crippen LogP) is 3.82. The molecule has 1 aliphatic heterocycles. The van der Waals surface area contributed by atoms with Gasteiger partial charge in [-0.1, -0.05) is 17.7 Å². The molecule has 1 aromatic carbocycles. The Hall–Kier alpha value is -2.38. The third-order valence-electron chi connectivity index (χ3n) is 4.62. The molecule has 1 aromatic heterocycles. The number of hydrogen-bond acceptors (Lipinski definition) is 5. The molecule has 0 unspecified atom stereocenters. The average Bonchev–Trinajstić information content (AvgIpc) is 3.24. The molecule has 28 heavy (non-hydrogen) atoms. The summed E-state index contributed by atoms with van der Waals surface area (Å²) < 4.78 is 5.34. The number of rotatable bonds is 5. The van der Waals surface area contributed by atoms with Crippen LogP contribution in [0.2, 0.25) is 5.02 Å². The molecule has 8 heteroatoms. The first-order valence-electron chi connectivity index (χ1n) is 9.03. The number of nitrogens with one attached hydrogen (secondary N) is 1. The number of hydrogen-bond donors (Lipinski definition) is 1. The topological polar surface area (TPSA) is 75.7 Å². The summed E-state index contributed by atoms with van der Waals surface area (Å²) in [6, 6.07) is 10.3. The van der Waals surface area contributed by atoms with E-state index in [1.54, 1.807) is 42.2 Å². The first-order chi connectivity index (χ1) is 13.4. The normalized spacial score (nSPS) is 15.7. The van der Waals surface area contributed by atoms with Crippen molar-refractivity contribution in [2.24, 2.45) is 5.92 Å². The van der Waals surface area contributed by atoms with Gasteiger partial charge in [-0.15, -0.1) is 11.3 Å². The minimum Gasteiger partial charge on any atom is -0.452 e. The molecule has 148 valence electrons. The standard InChI is InChI=1S/C20H21ClN2O4S/c1-13(18(24)22-16-6-4-15(21)5-7-16)27-20(26)14-8-10-23(11-9-14)19(25)17-3-2-12-28-17/h2-7,12-14H,8-11H2,1H3,(H,22,24)/t13-/m0/s1. The van der Waals surface area contributed by atoms with Crippen molar-refractivity contribution in [3.63, 3.8) is 0 Å². The SMILES string of the molecule is C[C@H](OC(=O)C1CCN(C(=O)c2cccs2)CC1)C(=O)Nc1ccc(Cl)cc1. The number of piperidine rings is 1. The van der Waals surface area contributed by atoms with Crippen LogP contribution in [0, 0.1) is 5.92 Å². The van der Waals surface area contributed by atoms with E-state index in [-0.39, 0.29) is 11.8 Å². The van der Waals surface area contributed by atoms with Crippen LogP contribution in [0.1, 0.15) is 29.4 Å². The van der Waals surface area contributed by atoms with Crippen LogP contribution in [-0.4, -0.2) is 41.9 Å². The van der Waals surface area contributed by atoms with Crippen molar-refractivity contribution in [3.05, 3.63) is 51.7 Å². The Kier molecular flexibility index (Phi) is 6.70. The Morgan fingerprint density at radius 1 is 1.18 bits per heavy atom. The van der Waals surface area contributed by atoms with Gasteiger partial charge in [0.1, 0.15) is 0 Å². The van der Waals surface area contributed by atoms with Crippen molar-refractivity contribution in [1.29, 1.82) is 0 Å². The number of likely N-dealkylation sites (tertiary alicyclic amines) is 1. The number of thiophene rings is 1. The smallest absolute Gasteiger partial charge is 0.309 e. The number of carbonyl (C=O) groups is 3. The average molecular weight is 421 g/mol. The molecule has 2 aromatic rings. The van der Waals surface area contributed by atoms with Crippen LogP contribution in [0.3, 0.4) is 0 Å². The third-order valence-corrected chi connectivity index (χ3v) is 5.73. The van der Waals surface area contributed by atoms with E-state index in [4.69, 9.17) is 16.3 Å². The van der Waals surface area contributed by atoms with E-state index in [0.29, 0.717) is 41.5 Å². The number of benzene rings is 1. The van der Waals surface area contributed by atoms with Crippen LogP contribution < -0.4 is 5.32 Å². The van der Waals surface area contributed by atoms with Crippen molar-refractivity contribution in [2.75, 3.05) is 18.4 Å². The molecule has 1 saturated heterocycles. The summed E-state index contributed by atoms with van der Waals surface area (Å²) >= 11 is 7.23. The molecule has 1 fully saturated rings. The van der Waals surface area contributed by atoms with Gasteiger partial charge in [0.15, 0.2) is 6.10 Å². The molecule has 2 heterocycles. The van der Waals surface area contributed by atoms with Gasteiger partial charge in [-0.25, -0.2) is 0 Å². The molecular formula is C20H21ClN2O4S. The molecular weight excluding hydrogens is 400 g/mol. The highest BCUT2D eigenvalue weighted by Gasteiger charge is 2.31. The number of carbonyl (C=O) groups excluding carboxylic acids is 3. The van der Waals surface area contributed by atoms with Crippen molar-refractivity contribution >= 4 is 46.4 Å². The highest BCUT2D eigenvalue weighted by molar-refractivity contribution is 7.12. The minimum atomic E-state index is -0.908. The number of ether oxygens (including phenoxy) is 1. The van der Waals surface area contributed by atoms with Crippen molar-refractivity contribution in [1.82, 2.24) is 4.90 Å². The second-order valence-corrected chi connectivity index (χ2v) is 8.00. The largest absolute Gasteiger partial charge is 0.452 e. The van der Waals surface area contributed by atoms with Gasteiger partial charge < -0.3 is 15.0 Å². The first-order valence-corrected chi connectivity index (χ1v) is 10.3. The van der Waals surface area contributed by atoms with Gasteiger partial charge in [-0.3, -0.25) is 14.4 Å². The van der Waals surface area contributed by atoms with Crippen LogP contribution in [0.25, 0.3) is 0 Å². The van der Waals surface area contributed by atoms with Gasteiger partial charge in [0.25, 0.3) is 11.8 Å². The summed E-state index contributed by atoms with van der Waals surface area (Å²) in [6.45, 7) is 2.54. The van der Waals surface area contributed by atoms with E-state index in [2.05, 4.69) is 5.32 Å². The summed E-state index contributed by atoms with van der Waals surface area (Å²) in [5.41, 5.74) is 0.581. The molecule has 0 radical (unpaired) electrons. The van der Waals surface area contributed by atoms with E-state index >= 15 is 0 Å². The Bertz CT molecular complexity index is 830. The molecule has 1 N–H and O–H groups in total. The second kappa shape index (κ2) is 9.21. The van der Waals surface area contributed by atoms with Crippen LogP contribution in [0.4, 0.5) is 5.69 Å². The Morgan fingerprint density at radius 2 is 1.86 bits per heavy atom. The van der Waals surface area contributed by atoms with E-state index in [0.717, 1.165) is 0 Å².